The zero-order valence-electron chi connectivity index (χ0n) is 17.9. The van der Waals surface area contributed by atoms with Crippen molar-refractivity contribution in [2.45, 2.75) is 33.9 Å². The molecule has 1 amide bonds. The van der Waals surface area contributed by atoms with Crippen molar-refractivity contribution in [2.75, 3.05) is 13.7 Å². The van der Waals surface area contributed by atoms with Crippen LogP contribution in [0.1, 0.15) is 38.4 Å². The number of aromatic nitrogens is 2. The number of likely N-dealkylation sites (N-methyl/N-ethyl adjacent to an activating group) is 1. The van der Waals surface area contributed by atoms with Crippen LogP contribution in [0.2, 0.25) is 0 Å². The van der Waals surface area contributed by atoms with Crippen molar-refractivity contribution in [2.24, 2.45) is 0 Å². The van der Waals surface area contributed by atoms with Crippen molar-refractivity contribution in [3.05, 3.63) is 88.2 Å². The predicted molar refractivity (Wildman–Crippen MR) is 115 cm³/mol. The zero-order valence-corrected chi connectivity index (χ0v) is 17.9. The summed E-state index contributed by atoms with van der Waals surface area (Å²) in [6.07, 6.45) is 0. The van der Waals surface area contributed by atoms with E-state index in [1.165, 1.54) is 5.56 Å². The minimum atomic E-state index is -0.526. The number of amides is 1. The van der Waals surface area contributed by atoms with E-state index in [0.717, 1.165) is 16.8 Å². The molecule has 0 unspecified atom stereocenters. The Morgan fingerprint density at radius 1 is 0.967 bits per heavy atom. The molecule has 3 aromatic rings. The molecule has 0 saturated carbocycles. The first-order chi connectivity index (χ1) is 14.3. The summed E-state index contributed by atoms with van der Waals surface area (Å²) >= 11 is 0. The Balaban J connectivity index is 1.61. The lowest BCUT2D eigenvalue weighted by molar-refractivity contribution is -0.133. The normalized spacial score (nSPS) is 10.7. The van der Waals surface area contributed by atoms with Gasteiger partial charge in [0.15, 0.2) is 6.61 Å². The summed E-state index contributed by atoms with van der Waals surface area (Å²) in [5.74, 6) is -0.781. The Bertz CT molecular complexity index is 1020. The highest BCUT2D eigenvalue weighted by Crippen LogP contribution is 2.16. The Kier molecular flexibility index (Phi) is 6.67. The summed E-state index contributed by atoms with van der Waals surface area (Å²) in [5, 5.41) is 4.49. The van der Waals surface area contributed by atoms with Gasteiger partial charge in [0.25, 0.3) is 5.91 Å². The van der Waals surface area contributed by atoms with Crippen LogP contribution < -0.4 is 0 Å². The summed E-state index contributed by atoms with van der Waals surface area (Å²) in [6, 6.07) is 17.9. The molecule has 0 fully saturated rings. The van der Waals surface area contributed by atoms with E-state index < -0.39 is 5.97 Å². The van der Waals surface area contributed by atoms with E-state index in [2.05, 4.69) is 5.10 Å². The van der Waals surface area contributed by atoms with Gasteiger partial charge in [-0.1, -0.05) is 60.2 Å². The average molecular weight is 405 g/mol. The SMILES string of the molecule is Cc1ccc(Cn2nc(C)c(C(=O)OCC(=O)N(C)Cc3ccccc3)c2C)cc1. The number of carbonyl (C=O) groups excluding carboxylic acids is 2. The molecule has 0 aliphatic heterocycles. The van der Waals surface area contributed by atoms with Gasteiger partial charge >= 0.3 is 5.97 Å². The number of carbonyl (C=O) groups is 2. The van der Waals surface area contributed by atoms with Crippen LogP contribution in [0.4, 0.5) is 0 Å². The Morgan fingerprint density at radius 3 is 2.30 bits per heavy atom. The minimum Gasteiger partial charge on any atom is -0.452 e. The van der Waals surface area contributed by atoms with Crippen LogP contribution >= 0.6 is 0 Å². The van der Waals surface area contributed by atoms with Crippen LogP contribution in [-0.4, -0.2) is 40.2 Å². The quantitative estimate of drug-likeness (QED) is 0.563. The third-order valence-electron chi connectivity index (χ3n) is 5.05. The molecule has 0 spiro atoms. The summed E-state index contributed by atoms with van der Waals surface area (Å²) in [7, 11) is 1.69. The van der Waals surface area contributed by atoms with Gasteiger partial charge in [-0.15, -0.1) is 0 Å². The minimum absolute atomic E-state index is 0.255. The zero-order chi connectivity index (χ0) is 21.7. The maximum absolute atomic E-state index is 12.6. The molecule has 0 aliphatic rings. The number of esters is 1. The summed E-state index contributed by atoms with van der Waals surface area (Å²) in [6.45, 7) is 6.39. The lowest BCUT2D eigenvalue weighted by Gasteiger charge is -2.17. The van der Waals surface area contributed by atoms with E-state index in [4.69, 9.17) is 4.74 Å². The number of rotatable bonds is 7. The van der Waals surface area contributed by atoms with Crippen molar-refractivity contribution in [1.82, 2.24) is 14.7 Å². The highest BCUT2D eigenvalue weighted by Gasteiger charge is 2.21. The molecule has 6 heteroatoms. The van der Waals surface area contributed by atoms with Gasteiger partial charge in [0.05, 0.1) is 17.9 Å². The first kappa shape index (κ1) is 21.3. The molecule has 0 aliphatic carbocycles. The predicted octanol–water partition coefficient (Wildman–Crippen LogP) is 3.67. The monoisotopic (exact) mass is 405 g/mol. The number of benzene rings is 2. The van der Waals surface area contributed by atoms with Crippen LogP contribution in [0.15, 0.2) is 54.6 Å². The molecule has 30 heavy (non-hydrogen) atoms. The van der Waals surface area contributed by atoms with Crippen molar-refractivity contribution >= 4 is 11.9 Å². The number of nitrogens with zero attached hydrogens (tertiary/aromatic N) is 3. The third kappa shape index (κ3) is 5.14. The van der Waals surface area contributed by atoms with Gasteiger partial charge in [0.1, 0.15) is 5.56 Å². The fraction of sp³-hybridized carbons (Fsp3) is 0.292. The fourth-order valence-corrected chi connectivity index (χ4v) is 3.27. The molecule has 6 nitrogen and oxygen atoms in total. The summed E-state index contributed by atoms with van der Waals surface area (Å²) in [5.41, 5.74) is 5.05. The van der Waals surface area contributed by atoms with Gasteiger partial charge in [-0.25, -0.2) is 4.79 Å². The number of ether oxygens (including phenoxy) is 1. The molecular formula is C24H27N3O3. The summed E-state index contributed by atoms with van der Waals surface area (Å²) in [4.78, 5) is 26.5. The van der Waals surface area contributed by atoms with Crippen LogP contribution in [0.5, 0.6) is 0 Å². The lowest BCUT2D eigenvalue weighted by Crippen LogP contribution is -2.31. The first-order valence-corrected chi connectivity index (χ1v) is 9.89. The van der Waals surface area contributed by atoms with E-state index in [-0.39, 0.29) is 12.5 Å². The van der Waals surface area contributed by atoms with Crippen LogP contribution in [-0.2, 0) is 22.6 Å². The number of hydrogen-bond acceptors (Lipinski definition) is 4. The van der Waals surface area contributed by atoms with Gasteiger partial charge in [-0.2, -0.15) is 5.10 Å². The Hall–Kier alpha value is -3.41. The van der Waals surface area contributed by atoms with Gasteiger partial charge in [0, 0.05) is 13.6 Å². The largest absolute Gasteiger partial charge is 0.452 e. The van der Waals surface area contributed by atoms with Crippen LogP contribution in [0.3, 0.4) is 0 Å². The molecule has 0 N–H and O–H groups in total. The van der Waals surface area contributed by atoms with Crippen LogP contribution in [0.25, 0.3) is 0 Å². The summed E-state index contributed by atoms with van der Waals surface area (Å²) < 4.78 is 7.10. The molecule has 1 aromatic heterocycles. The third-order valence-corrected chi connectivity index (χ3v) is 5.05. The van der Waals surface area contributed by atoms with Gasteiger partial charge < -0.3 is 9.64 Å². The van der Waals surface area contributed by atoms with Crippen molar-refractivity contribution in [3.8, 4) is 0 Å². The smallest absolute Gasteiger partial charge is 0.342 e. The molecule has 0 bridgehead atoms. The molecular weight excluding hydrogens is 378 g/mol. The van der Waals surface area contributed by atoms with E-state index in [1.807, 2.05) is 68.4 Å². The molecule has 156 valence electrons. The second-order valence-electron chi connectivity index (χ2n) is 7.50. The fourth-order valence-electron chi connectivity index (χ4n) is 3.27. The lowest BCUT2D eigenvalue weighted by atomic mass is 10.1. The Labute approximate surface area is 177 Å². The Morgan fingerprint density at radius 2 is 1.63 bits per heavy atom. The molecule has 3 rings (SSSR count). The average Bonchev–Trinajstić information content (AvgIpc) is 3.01. The van der Waals surface area contributed by atoms with E-state index >= 15 is 0 Å². The van der Waals surface area contributed by atoms with Crippen LogP contribution in [0, 0.1) is 20.8 Å². The molecule has 0 saturated heterocycles. The van der Waals surface area contributed by atoms with Gasteiger partial charge in [-0.3, -0.25) is 9.48 Å². The first-order valence-electron chi connectivity index (χ1n) is 9.89. The topological polar surface area (TPSA) is 64.4 Å². The maximum Gasteiger partial charge on any atom is 0.342 e. The highest BCUT2D eigenvalue weighted by atomic mass is 16.5. The molecule has 0 atom stereocenters. The standard InChI is InChI=1S/C24H27N3O3/c1-17-10-12-21(13-11-17)15-27-19(3)23(18(2)25-27)24(29)30-16-22(28)26(4)14-20-8-6-5-7-9-20/h5-13H,14-16H2,1-4H3. The van der Waals surface area contributed by atoms with E-state index in [0.29, 0.717) is 24.3 Å². The number of hydrogen-bond donors (Lipinski definition) is 0. The number of aryl methyl sites for hydroxylation is 2. The van der Waals surface area contributed by atoms with Gasteiger partial charge in [0.2, 0.25) is 0 Å². The molecule has 2 aromatic carbocycles. The highest BCUT2D eigenvalue weighted by molar-refractivity contribution is 5.93. The van der Waals surface area contributed by atoms with Gasteiger partial charge in [-0.05, 0) is 31.9 Å². The van der Waals surface area contributed by atoms with E-state index in [9.17, 15) is 9.59 Å². The van der Waals surface area contributed by atoms with Crippen molar-refractivity contribution in [3.63, 3.8) is 0 Å². The maximum atomic E-state index is 12.6. The van der Waals surface area contributed by atoms with E-state index in [1.54, 1.807) is 23.6 Å². The van der Waals surface area contributed by atoms with Crippen molar-refractivity contribution < 1.29 is 14.3 Å². The second-order valence-corrected chi connectivity index (χ2v) is 7.50. The molecule has 0 radical (unpaired) electrons. The van der Waals surface area contributed by atoms with Crippen molar-refractivity contribution in [1.29, 1.82) is 0 Å². The molecule has 1 heterocycles. The second kappa shape index (κ2) is 9.39.